The number of nitrogens with zero attached hydrogens (tertiary/aromatic N) is 4. The van der Waals surface area contributed by atoms with Gasteiger partial charge >= 0.3 is 12.1 Å². The Morgan fingerprint density at radius 2 is 1.90 bits per heavy atom. The highest BCUT2D eigenvalue weighted by Gasteiger charge is 2.30. The summed E-state index contributed by atoms with van der Waals surface area (Å²) in [6, 6.07) is 21.3. The summed E-state index contributed by atoms with van der Waals surface area (Å²) in [4.78, 5) is 29.7. The number of anilines is 1. The van der Waals surface area contributed by atoms with Crippen LogP contribution in [0.25, 0.3) is 32.8 Å². The second-order valence-corrected chi connectivity index (χ2v) is 10.3. The number of ether oxygens (including phenoxy) is 2. The SMILES string of the molecule is CCOC(=O)N1CCC(n2nc(COc3ccccc3CC(=O)O)c3cc(-c4cccc5c(N)nccc45)ccc32)C1. The largest absolute Gasteiger partial charge is 0.487 e. The number of nitrogen functional groups attached to an aromatic ring is 1. The van der Waals surface area contributed by atoms with Crippen molar-refractivity contribution >= 4 is 39.6 Å². The van der Waals surface area contributed by atoms with Gasteiger partial charge in [0.2, 0.25) is 0 Å². The Balaban J connectivity index is 1.41. The molecule has 1 aliphatic rings. The average Bonchev–Trinajstić information content (AvgIpc) is 3.62. The van der Waals surface area contributed by atoms with Crippen LogP contribution in [0, 0.1) is 0 Å². The quantitative estimate of drug-likeness (QED) is 0.254. The standard InChI is InChI=1S/C32H31N5O5/c1-2-41-32(40)36-15-13-22(18-36)37-28-11-10-20(23-7-5-8-25-24(23)12-14-34-31(25)33)16-26(28)27(35-37)19-42-29-9-4-3-6-21(29)17-30(38)39/h3-12,14,16,22H,2,13,15,17-19H2,1H3,(H2,33,34)(H,38,39). The normalized spacial score (nSPS) is 14.9. The molecular weight excluding hydrogens is 534 g/mol. The van der Waals surface area contributed by atoms with Crippen LogP contribution >= 0.6 is 0 Å². The number of hydrogen-bond acceptors (Lipinski definition) is 7. The molecule has 0 bridgehead atoms. The van der Waals surface area contributed by atoms with Gasteiger partial charge in [-0.2, -0.15) is 5.10 Å². The van der Waals surface area contributed by atoms with E-state index in [2.05, 4.69) is 29.2 Å². The zero-order valence-corrected chi connectivity index (χ0v) is 23.2. The van der Waals surface area contributed by atoms with Crippen LogP contribution in [0.15, 0.2) is 72.9 Å². The summed E-state index contributed by atoms with van der Waals surface area (Å²) in [5.74, 6) is 0.0543. The Morgan fingerprint density at radius 1 is 1.05 bits per heavy atom. The molecule has 0 spiro atoms. The molecule has 0 radical (unpaired) electrons. The van der Waals surface area contributed by atoms with E-state index in [1.807, 2.05) is 28.9 Å². The first-order valence-electron chi connectivity index (χ1n) is 13.9. The molecule has 10 nitrogen and oxygen atoms in total. The maximum absolute atomic E-state index is 12.4. The number of amides is 1. The van der Waals surface area contributed by atoms with Crippen molar-refractivity contribution in [3.63, 3.8) is 0 Å². The predicted molar refractivity (Wildman–Crippen MR) is 159 cm³/mol. The third-order valence-corrected chi connectivity index (χ3v) is 7.64. The molecule has 10 heteroatoms. The Labute approximate surface area is 242 Å². The minimum atomic E-state index is -0.927. The van der Waals surface area contributed by atoms with Gasteiger partial charge in [-0.15, -0.1) is 0 Å². The molecule has 3 heterocycles. The van der Waals surface area contributed by atoms with Crippen LogP contribution in [-0.2, 0) is 22.6 Å². The molecule has 2 aromatic heterocycles. The van der Waals surface area contributed by atoms with Crippen molar-refractivity contribution in [2.75, 3.05) is 25.4 Å². The molecule has 1 saturated heterocycles. The van der Waals surface area contributed by atoms with Crippen LogP contribution in [-0.4, -0.2) is 56.5 Å². The van der Waals surface area contributed by atoms with Gasteiger partial charge in [-0.25, -0.2) is 9.78 Å². The van der Waals surface area contributed by atoms with Crippen LogP contribution in [0.5, 0.6) is 5.75 Å². The summed E-state index contributed by atoms with van der Waals surface area (Å²) in [6.45, 7) is 3.35. The number of nitrogens with two attached hydrogens (primary N) is 1. The number of benzene rings is 3. The van der Waals surface area contributed by atoms with E-state index in [4.69, 9.17) is 20.3 Å². The molecule has 5 aromatic rings. The summed E-state index contributed by atoms with van der Waals surface area (Å²) in [7, 11) is 0. The first-order chi connectivity index (χ1) is 20.4. The van der Waals surface area contributed by atoms with Crippen molar-refractivity contribution in [1.82, 2.24) is 19.7 Å². The summed E-state index contributed by atoms with van der Waals surface area (Å²) >= 11 is 0. The molecule has 1 amide bonds. The fourth-order valence-corrected chi connectivity index (χ4v) is 5.66. The van der Waals surface area contributed by atoms with Crippen molar-refractivity contribution < 1.29 is 24.2 Å². The van der Waals surface area contributed by atoms with Crippen LogP contribution in [0.2, 0.25) is 0 Å². The fraction of sp³-hybridized carbons (Fsp3) is 0.250. The maximum atomic E-state index is 12.4. The summed E-state index contributed by atoms with van der Waals surface area (Å²) in [5.41, 5.74) is 10.4. The third kappa shape index (κ3) is 5.18. The molecule has 3 N–H and O–H groups in total. The molecule has 3 aromatic carbocycles. The van der Waals surface area contributed by atoms with Crippen LogP contribution in [0.3, 0.4) is 0 Å². The van der Waals surface area contributed by atoms with Gasteiger partial charge in [-0.1, -0.05) is 42.5 Å². The van der Waals surface area contributed by atoms with Crippen molar-refractivity contribution in [1.29, 1.82) is 0 Å². The number of pyridine rings is 1. The van der Waals surface area contributed by atoms with E-state index >= 15 is 0 Å². The number of aliphatic carboxylic acids is 1. The molecule has 0 saturated carbocycles. The van der Waals surface area contributed by atoms with Gasteiger partial charge in [0.25, 0.3) is 0 Å². The second kappa shape index (κ2) is 11.4. The zero-order valence-electron chi connectivity index (χ0n) is 23.2. The van der Waals surface area contributed by atoms with E-state index in [1.54, 1.807) is 36.2 Å². The molecule has 214 valence electrons. The lowest BCUT2D eigenvalue weighted by molar-refractivity contribution is -0.136. The third-order valence-electron chi connectivity index (χ3n) is 7.64. The van der Waals surface area contributed by atoms with Crippen molar-refractivity contribution in [3.05, 3.63) is 84.2 Å². The van der Waals surface area contributed by atoms with Crippen LogP contribution < -0.4 is 10.5 Å². The second-order valence-electron chi connectivity index (χ2n) is 10.3. The van der Waals surface area contributed by atoms with Crippen LogP contribution in [0.4, 0.5) is 10.6 Å². The number of aromatic nitrogens is 3. The van der Waals surface area contributed by atoms with Gasteiger partial charge < -0.3 is 25.2 Å². The lowest BCUT2D eigenvalue weighted by Gasteiger charge is -2.16. The number of rotatable bonds is 8. The summed E-state index contributed by atoms with van der Waals surface area (Å²) in [6.07, 6.45) is 2.00. The topological polar surface area (TPSA) is 133 Å². The number of fused-ring (bicyclic) bond motifs is 2. The monoisotopic (exact) mass is 565 g/mol. The lowest BCUT2D eigenvalue weighted by Crippen LogP contribution is -2.29. The number of carbonyl (C=O) groups excluding carboxylic acids is 1. The number of para-hydroxylation sites is 1. The first kappa shape index (κ1) is 27.1. The van der Waals surface area contributed by atoms with E-state index in [9.17, 15) is 14.7 Å². The smallest absolute Gasteiger partial charge is 0.409 e. The van der Waals surface area contributed by atoms with Gasteiger partial charge in [-0.3, -0.25) is 9.48 Å². The minimum Gasteiger partial charge on any atom is -0.487 e. The maximum Gasteiger partial charge on any atom is 0.409 e. The van der Waals surface area contributed by atoms with Gasteiger partial charge in [0.15, 0.2) is 0 Å². The Hall–Kier alpha value is -5.12. The zero-order chi connectivity index (χ0) is 29.2. The first-order valence-corrected chi connectivity index (χ1v) is 13.9. The molecule has 1 fully saturated rings. The highest BCUT2D eigenvalue weighted by molar-refractivity contribution is 6.02. The molecule has 6 rings (SSSR count). The van der Waals surface area contributed by atoms with Crippen molar-refractivity contribution in [2.24, 2.45) is 0 Å². The molecular formula is C32H31N5O5. The molecule has 1 aliphatic heterocycles. The van der Waals surface area contributed by atoms with E-state index in [1.165, 1.54) is 0 Å². The van der Waals surface area contributed by atoms with E-state index in [0.29, 0.717) is 42.5 Å². The number of carboxylic acids is 1. The average molecular weight is 566 g/mol. The van der Waals surface area contributed by atoms with Gasteiger partial charge in [0.05, 0.1) is 24.6 Å². The Bertz CT molecular complexity index is 1800. The highest BCUT2D eigenvalue weighted by atomic mass is 16.6. The molecule has 1 atom stereocenters. The van der Waals surface area contributed by atoms with E-state index in [-0.39, 0.29) is 25.2 Å². The number of likely N-dealkylation sites (tertiary alicyclic amines) is 1. The highest BCUT2D eigenvalue weighted by Crippen LogP contribution is 2.35. The number of carboxylic acid groups (broad SMARTS) is 1. The van der Waals surface area contributed by atoms with Crippen molar-refractivity contribution in [3.8, 4) is 16.9 Å². The number of carbonyl (C=O) groups is 2. The molecule has 0 aliphatic carbocycles. The van der Waals surface area contributed by atoms with Crippen molar-refractivity contribution in [2.45, 2.75) is 32.4 Å². The lowest BCUT2D eigenvalue weighted by atomic mass is 9.97. The summed E-state index contributed by atoms with van der Waals surface area (Å²) < 4.78 is 13.4. The predicted octanol–water partition coefficient (Wildman–Crippen LogP) is 5.44. The Morgan fingerprint density at radius 3 is 2.74 bits per heavy atom. The van der Waals surface area contributed by atoms with Crippen LogP contribution in [0.1, 0.15) is 30.6 Å². The molecule has 1 unspecified atom stereocenters. The minimum absolute atomic E-state index is 0.0285. The van der Waals surface area contributed by atoms with Gasteiger partial charge in [-0.05, 0) is 54.1 Å². The fourth-order valence-electron chi connectivity index (χ4n) is 5.66. The molecule has 42 heavy (non-hydrogen) atoms. The van der Waals surface area contributed by atoms with Gasteiger partial charge in [0.1, 0.15) is 23.9 Å². The Kier molecular flexibility index (Phi) is 7.35. The number of hydrogen-bond donors (Lipinski definition) is 2. The van der Waals surface area contributed by atoms with Gasteiger partial charge in [0, 0.05) is 35.6 Å². The van der Waals surface area contributed by atoms with E-state index in [0.717, 1.165) is 39.2 Å². The van der Waals surface area contributed by atoms with E-state index < -0.39 is 5.97 Å². The summed E-state index contributed by atoms with van der Waals surface area (Å²) in [5, 5.41) is 17.1.